The summed E-state index contributed by atoms with van der Waals surface area (Å²) < 4.78 is 0. The third-order valence-electron chi connectivity index (χ3n) is 3.71. The molecule has 0 saturated heterocycles. The largest absolute Gasteiger partial charge is 0.310 e. The van der Waals surface area contributed by atoms with Crippen LogP contribution < -0.4 is 5.32 Å². The first-order valence-corrected chi connectivity index (χ1v) is 7.39. The van der Waals surface area contributed by atoms with Gasteiger partial charge in [0, 0.05) is 10.9 Å². The van der Waals surface area contributed by atoms with Crippen molar-refractivity contribution in [2.24, 2.45) is 0 Å². The van der Waals surface area contributed by atoms with Gasteiger partial charge in [-0.3, -0.25) is 0 Å². The van der Waals surface area contributed by atoms with Crippen molar-refractivity contribution in [2.45, 2.75) is 43.5 Å². The molecule has 16 heavy (non-hydrogen) atoms. The number of thioether (sulfide) groups is 1. The lowest BCUT2D eigenvalue weighted by Crippen LogP contribution is -2.24. The van der Waals surface area contributed by atoms with Crippen LogP contribution in [-0.2, 0) is 12.8 Å². The van der Waals surface area contributed by atoms with Gasteiger partial charge in [0.1, 0.15) is 0 Å². The number of nitrogens with one attached hydrogen (secondary N) is 1. The standard InChI is InChI=1S/C14H19NS/c1-2-15-13-6-7-16-14-9-11-5-3-4-10(11)8-12(13)14/h8-9,13,15H,2-7H2,1H3. The van der Waals surface area contributed by atoms with Gasteiger partial charge >= 0.3 is 0 Å². The highest BCUT2D eigenvalue weighted by atomic mass is 32.2. The Labute approximate surface area is 102 Å². The normalized spacial score (nSPS) is 22.9. The van der Waals surface area contributed by atoms with Gasteiger partial charge in [0.2, 0.25) is 0 Å². The van der Waals surface area contributed by atoms with Crippen LogP contribution in [0.25, 0.3) is 0 Å². The van der Waals surface area contributed by atoms with Crippen LogP contribution in [0.5, 0.6) is 0 Å². The summed E-state index contributed by atoms with van der Waals surface area (Å²) in [6.45, 7) is 3.28. The third kappa shape index (κ3) is 1.78. The van der Waals surface area contributed by atoms with Crippen molar-refractivity contribution >= 4 is 11.8 Å². The summed E-state index contributed by atoms with van der Waals surface area (Å²) in [4.78, 5) is 1.54. The molecule has 1 aromatic rings. The second-order valence-electron chi connectivity index (χ2n) is 4.76. The fraction of sp³-hybridized carbons (Fsp3) is 0.571. The van der Waals surface area contributed by atoms with Gasteiger partial charge in [0.05, 0.1) is 0 Å². The van der Waals surface area contributed by atoms with Gasteiger partial charge in [-0.2, -0.15) is 0 Å². The molecule has 1 atom stereocenters. The highest BCUT2D eigenvalue weighted by Crippen LogP contribution is 2.39. The maximum Gasteiger partial charge on any atom is 0.0339 e. The van der Waals surface area contributed by atoms with Gasteiger partial charge < -0.3 is 5.32 Å². The molecule has 1 aliphatic heterocycles. The second kappa shape index (κ2) is 4.42. The quantitative estimate of drug-likeness (QED) is 0.841. The Bertz CT molecular complexity index is 400. The lowest BCUT2D eigenvalue weighted by Gasteiger charge is -2.26. The lowest BCUT2D eigenvalue weighted by atomic mass is 9.99. The predicted octanol–water partition coefficient (Wildman–Crippen LogP) is 3.32. The van der Waals surface area contributed by atoms with E-state index in [4.69, 9.17) is 0 Å². The molecule has 1 N–H and O–H groups in total. The highest BCUT2D eigenvalue weighted by Gasteiger charge is 2.23. The maximum absolute atomic E-state index is 3.62. The fourth-order valence-corrected chi connectivity index (χ4v) is 4.09. The van der Waals surface area contributed by atoms with Crippen LogP contribution in [-0.4, -0.2) is 12.3 Å². The Kier molecular flexibility index (Phi) is 2.95. The first-order chi connectivity index (χ1) is 7.88. The zero-order valence-corrected chi connectivity index (χ0v) is 10.7. The molecule has 1 nitrogen and oxygen atoms in total. The van der Waals surface area contributed by atoms with E-state index in [0.29, 0.717) is 6.04 Å². The summed E-state index contributed by atoms with van der Waals surface area (Å²) in [7, 11) is 0. The minimum Gasteiger partial charge on any atom is -0.310 e. The number of aryl methyl sites for hydroxylation is 2. The molecule has 1 unspecified atom stereocenters. The summed E-state index contributed by atoms with van der Waals surface area (Å²) in [5, 5.41) is 3.62. The SMILES string of the molecule is CCNC1CCSc2cc3c(cc21)CCC3. The average molecular weight is 233 g/mol. The molecule has 0 saturated carbocycles. The van der Waals surface area contributed by atoms with Gasteiger partial charge in [-0.15, -0.1) is 11.8 Å². The summed E-state index contributed by atoms with van der Waals surface area (Å²) in [5.74, 6) is 1.27. The number of rotatable bonds is 2. The second-order valence-corrected chi connectivity index (χ2v) is 5.90. The Hall–Kier alpha value is -0.470. The molecule has 0 spiro atoms. The van der Waals surface area contributed by atoms with Crippen molar-refractivity contribution < 1.29 is 0 Å². The van der Waals surface area contributed by atoms with Crippen molar-refractivity contribution in [2.75, 3.05) is 12.3 Å². The predicted molar refractivity (Wildman–Crippen MR) is 70.2 cm³/mol. The van der Waals surface area contributed by atoms with Crippen molar-refractivity contribution in [3.8, 4) is 0 Å². The van der Waals surface area contributed by atoms with E-state index >= 15 is 0 Å². The van der Waals surface area contributed by atoms with Gasteiger partial charge in [-0.1, -0.05) is 13.0 Å². The van der Waals surface area contributed by atoms with E-state index in [0.717, 1.165) is 6.54 Å². The van der Waals surface area contributed by atoms with Crippen LogP contribution in [0.4, 0.5) is 0 Å². The molecule has 1 aromatic carbocycles. The van der Waals surface area contributed by atoms with E-state index in [-0.39, 0.29) is 0 Å². The van der Waals surface area contributed by atoms with Crippen LogP contribution in [0, 0.1) is 0 Å². The zero-order chi connectivity index (χ0) is 11.0. The minimum absolute atomic E-state index is 0.604. The lowest BCUT2D eigenvalue weighted by molar-refractivity contribution is 0.527. The molecule has 1 heterocycles. The zero-order valence-electron chi connectivity index (χ0n) is 9.88. The summed E-state index contributed by atoms with van der Waals surface area (Å²) in [6, 6.07) is 5.55. The van der Waals surface area contributed by atoms with Crippen molar-refractivity contribution in [3.63, 3.8) is 0 Å². The van der Waals surface area contributed by atoms with E-state index in [1.54, 1.807) is 16.7 Å². The Morgan fingerprint density at radius 2 is 2.12 bits per heavy atom. The molecule has 0 fully saturated rings. The molecule has 0 radical (unpaired) electrons. The molecule has 2 heteroatoms. The molecular weight excluding hydrogens is 214 g/mol. The summed E-state index contributed by atoms with van der Waals surface area (Å²) >= 11 is 2.04. The molecule has 1 aliphatic carbocycles. The number of hydrogen-bond acceptors (Lipinski definition) is 2. The minimum atomic E-state index is 0.604. The molecule has 86 valence electrons. The Morgan fingerprint density at radius 3 is 2.94 bits per heavy atom. The van der Waals surface area contributed by atoms with Crippen molar-refractivity contribution in [3.05, 3.63) is 28.8 Å². The monoisotopic (exact) mass is 233 g/mol. The number of fused-ring (bicyclic) bond motifs is 2. The molecule has 2 aliphatic rings. The van der Waals surface area contributed by atoms with Crippen LogP contribution in [0.2, 0.25) is 0 Å². The molecule has 0 aromatic heterocycles. The van der Waals surface area contributed by atoms with Gasteiger partial charge in [0.15, 0.2) is 0 Å². The van der Waals surface area contributed by atoms with Gasteiger partial charge in [-0.05, 0) is 60.7 Å². The maximum atomic E-state index is 3.62. The van der Waals surface area contributed by atoms with Crippen LogP contribution in [0.3, 0.4) is 0 Å². The molecule has 0 bridgehead atoms. The smallest absolute Gasteiger partial charge is 0.0339 e. The first kappa shape index (κ1) is 10.7. The van der Waals surface area contributed by atoms with Crippen molar-refractivity contribution in [1.82, 2.24) is 5.32 Å². The number of benzene rings is 1. The summed E-state index contributed by atoms with van der Waals surface area (Å²) in [6.07, 6.45) is 5.24. The molecule has 3 rings (SSSR count). The van der Waals surface area contributed by atoms with Crippen molar-refractivity contribution in [1.29, 1.82) is 0 Å². The average Bonchev–Trinajstić information content (AvgIpc) is 2.74. The van der Waals surface area contributed by atoms with E-state index in [9.17, 15) is 0 Å². The van der Waals surface area contributed by atoms with Crippen LogP contribution in [0.15, 0.2) is 17.0 Å². The third-order valence-corrected chi connectivity index (χ3v) is 4.82. The van der Waals surface area contributed by atoms with Crippen LogP contribution >= 0.6 is 11.8 Å². The van der Waals surface area contributed by atoms with E-state index in [1.807, 2.05) is 11.8 Å². The summed E-state index contributed by atoms with van der Waals surface area (Å²) in [5.41, 5.74) is 4.80. The van der Waals surface area contributed by atoms with Gasteiger partial charge in [0.25, 0.3) is 0 Å². The first-order valence-electron chi connectivity index (χ1n) is 6.40. The number of hydrogen-bond donors (Lipinski definition) is 1. The Balaban J connectivity index is 2.00. The van der Waals surface area contributed by atoms with E-state index in [2.05, 4.69) is 24.4 Å². The van der Waals surface area contributed by atoms with Gasteiger partial charge in [-0.25, -0.2) is 0 Å². The molecule has 0 amide bonds. The fourth-order valence-electron chi connectivity index (χ4n) is 2.92. The van der Waals surface area contributed by atoms with Crippen LogP contribution in [0.1, 0.15) is 42.5 Å². The Morgan fingerprint density at radius 1 is 1.31 bits per heavy atom. The highest BCUT2D eigenvalue weighted by molar-refractivity contribution is 7.99. The topological polar surface area (TPSA) is 12.0 Å². The molecular formula is C14H19NS. The van der Waals surface area contributed by atoms with E-state index < -0.39 is 0 Å². The van der Waals surface area contributed by atoms with E-state index in [1.165, 1.54) is 36.3 Å².